The van der Waals surface area contributed by atoms with Gasteiger partial charge in [0.15, 0.2) is 0 Å². The van der Waals surface area contributed by atoms with Crippen LogP contribution in [0.25, 0.3) is 0 Å². The Kier molecular flexibility index (Phi) is 3.45. The number of methoxy groups -OCH3 is 1. The summed E-state index contributed by atoms with van der Waals surface area (Å²) in [5, 5.41) is 8.12. The number of amides is 3. The van der Waals surface area contributed by atoms with Crippen molar-refractivity contribution in [1.82, 2.24) is 16.0 Å². The van der Waals surface area contributed by atoms with Gasteiger partial charge in [0.05, 0.1) is 7.11 Å². The second-order valence-electron chi connectivity index (χ2n) is 5.61. The monoisotopic (exact) mass is 289 g/mol. The van der Waals surface area contributed by atoms with Gasteiger partial charge in [-0.1, -0.05) is 18.2 Å². The van der Waals surface area contributed by atoms with Crippen LogP contribution in [0.15, 0.2) is 24.3 Å². The lowest BCUT2D eigenvalue weighted by molar-refractivity contribution is -0.122. The van der Waals surface area contributed by atoms with Gasteiger partial charge in [-0.15, -0.1) is 0 Å². The van der Waals surface area contributed by atoms with E-state index >= 15 is 0 Å². The predicted molar refractivity (Wildman–Crippen MR) is 77.2 cm³/mol. The summed E-state index contributed by atoms with van der Waals surface area (Å²) in [7, 11) is 1.66. The van der Waals surface area contributed by atoms with Crippen LogP contribution in [0.4, 0.5) is 4.79 Å². The SMILES string of the molecule is COc1ccccc1C1(CNC(=O)[C@@H]2CNC(=O)N2)CC1. The van der Waals surface area contributed by atoms with E-state index in [0.29, 0.717) is 13.1 Å². The summed E-state index contributed by atoms with van der Waals surface area (Å²) in [6.45, 7) is 0.908. The van der Waals surface area contributed by atoms with Gasteiger partial charge in [-0.05, 0) is 18.9 Å². The summed E-state index contributed by atoms with van der Waals surface area (Å²) in [4.78, 5) is 23.1. The number of nitrogens with one attached hydrogen (secondary N) is 3. The van der Waals surface area contributed by atoms with Crippen molar-refractivity contribution in [3.05, 3.63) is 29.8 Å². The highest BCUT2D eigenvalue weighted by atomic mass is 16.5. The Morgan fingerprint density at radius 1 is 1.43 bits per heavy atom. The molecular weight excluding hydrogens is 270 g/mol. The summed E-state index contributed by atoms with van der Waals surface area (Å²) in [6, 6.07) is 7.15. The topological polar surface area (TPSA) is 79.5 Å². The number of carbonyl (C=O) groups is 2. The third-order valence-corrected chi connectivity index (χ3v) is 4.22. The molecule has 1 saturated carbocycles. The van der Waals surface area contributed by atoms with Crippen LogP contribution in [-0.2, 0) is 10.2 Å². The normalized spacial score (nSPS) is 22.1. The molecule has 1 aliphatic carbocycles. The van der Waals surface area contributed by atoms with E-state index in [2.05, 4.69) is 22.0 Å². The third-order valence-electron chi connectivity index (χ3n) is 4.22. The Morgan fingerprint density at radius 2 is 2.19 bits per heavy atom. The minimum atomic E-state index is -0.481. The molecule has 1 saturated heterocycles. The molecule has 1 aliphatic heterocycles. The van der Waals surface area contributed by atoms with E-state index in [0.717, 1.165) is 24.2 Å². The zero-order valence-corrected chi connectivity index (χ0v) is 11.9. The fraction of sp³-hybridized carbons (Fsp3) is 0.467. The maximum atomic E-state index is 12.1. The van der Waals surface area contributed by atoms with Gasteiger partial charge in [0.2, 0.25) is 5.91 Å². The molecule has 0 spiro atoms. The van der Waals surface area contributed by atoms with Gasteiger partial charge < -0.3 is 20.7 Å². The number of rotatable bonds is 5. The maximum Gasteiger partial charge on any atom is 0.315 e. The maximum absolute atomic E-state index is 12.1. The van der Waals surface area contributed by atoms with Crippen molar-refractivity contribution in [2.75, 3.05) is 20.2 Å². The predicted octanol–water partition coefficient (Wildman–Crippen LogP) is 0.524. The number of benzene rings is 1. The van der Waals surface area contributed by atoms with Gasteiger partial charge >= 0.3 is 6.03 Å². The van der Waals surface area contributed by atoms with Crippen LogP contribution in [-0.4, -0.2) is 38.2 Å². The molecule has 6 heteroatoms. The molecule has 112 valence electrons. The molecule has 3 amide bonds. The lowest BCUT2D eigenvalue weighted by Gasteiger charge is -2.20. The van der Waals surface area contributed by atoms with Crippen molar-refractivity contribution < 1.29 is 14.3 Å². The van der Waals surface area contributed by atoms with E-state index in [1.54, 1.807) is 7.11 Å². The van der Waals surface area contributed by atoms with E-state index in [1.807, 2.05) is 18.2 Å². The van der Waals surface area contributed by atoms with Crippen LogP contribution in [0.3, 0.4) is 0 Å². The van der Waals surface area contributed by atoms with Crippen molar-refractivity contribution in [2.45, 2.75) is 24.3 Å². The first kappa shape index (κ1) is 13.7. The van der Waals surface area contributed by atoms with Crippen LogP contribution in [0, 0.1) is 0 Å². The van der Waals surface area contributed by atoms with Crippen LogP contribution in [0.2, 0.25) is 0 Å². The quantitative estimate of drug-likeness (QED) is 0.739. The smallest absolute Gasteiger partial charge is 0.315 e. The van der Waals surface area contributed by atoms with Gasteiger partial charge in [0.1, 0.15) is 11.8 Å². The first-order valence-corrected chi connectivity index (χ1v) is 7.10. The largest absolute Gasteiger partial charge is 0.496 e. The van der Waals surface area contributed by atoms with E-state index in [-0.39, 0.29) is 17.4 Å². The lowest BCUT2D eigenvalue weighted by Crippen LogP contribution is -2.45. The lowest BCUT2D eigenvalue weighted by atomic mass is 9.94. The fourth-order valence-electron chi connectivity index (χ4n) is 2.77. The van der Waals surface area contributed by atoms with E-state index < -0.39 is 6.04 Å². The second kappa shape index (κ2) is 5.27. The van der Waals surface area contributed by atoms with Crippen LogP contribution >= 0.6 is 0 Å². The van der Waals surface area contributed by atoms with Gasteiger partial charge in [0.25, 0.3) is 0 Å². The van der Waals surface area contributed by atoms with Gasteiger partial charge in [0, 0.05) is 24.1 Å². The van der Waals surface area contributed by atoms with E-state index in [9.17, 15) is 9.59 Å². The highest BCUT2D eigenvalue weighted by Crippen LogP contribution is 2.50. The summed E-state index contributed by atoms with van der Waals surface area (Å²) in [6.07, 6.45) is 2.06. The van der Waals surface area contributed by atoms with Crippen molar-refractivity contribution in [1.29, 1.82) is 0 Å². The number of hydrogen-bond acceptors (Lipinski definition) is 3. The Balaban J connectivity index is 1.64. The standard InChI is InChI=1S/C15H19N3O3/c1-21-12-5-3-2-4-10(12)15(6-7-15)9-17-13(19)11-8-16-14(20)18-11/h2-5,11H,6-9H2,1H3,(H,17,19)(H2,16,18,20)/t11-/m0/s1. The molecule has 0 aromatic heterocycles. The van der Waals surface area contributed by atoms with Crippen LogP contribution in [0.5, 0.6) is 5.75 Å². The molecule has 0 bridgehead atoms. The average molecular weight is 289 g/mol. The first-order chi connectivity index (χ1) is 10.1. The highest BCUT2D eigenvalue weighted by Gasteiger charge is 2.46. The molecule has 3 rings (SSSR count). The van der Waals surface area contributed by atoms with E-state index in [1.165, 1.54) is 0 Å². The van der Waals surface area contributed by atoms with Crippen molar-refractivity contribution >= 4 is 11.9 Å². The van der Waals surface area contributed by atoms with Gasteiger partial charge in [-0.25, -0.2) is 4.79 Å². The summed E-state index contributed by atoms with van der Waals surface area (Å²) in [5.41, 5.74) is 1.11. The van der Waals surface area contributed by atoms with Crippen molar-refractivity contribution in [3.63, 3.8) is 0 Å². The number of para-hydroxylation sites is 1. The highest BCUT2D eigenvalue weighted by molar-refractivity contribution is 5.90. The Bertz CT molecular complexity index is 569. The number of hydrogen-bond donors (Lipinski definition) is 3. The average Bonchev–Trinajstić information content (AvgIpc) is 3.18. The molecule has 3 N–H and O–H groups in total. The zero-order valence-electron chi connectivity index (χ0n) is 11.9. The number of ether oxygens (including phenoxy) is 1. The summed E-state index contributed by atoms with van der Waals surface area (Å²) >= 11 is 0. The number of urea groups is 1. The van der Waals surface area contributed by atoms with Crippen LogP contribution in [0.1, 0.15) is 18.4 Å². The molecule has 0 radical (unpaired) electrons. The van der Waals surface area contributed by atoms with Crippen molar-refractivity contribution in [2.24, 2.45) is 0 Å². The minimum absolute atomic E-state index is 0.0295. The molecule has 1 atom stereocenters. The number of carbonyl (C=O) groups excluding carboxylic acids is 2. The molecule has 0 unspecified atom stereocenters. The molecule has 2 fully saturated rings. The molecule has 1 aromatic rings. The third kappa shape index (κ3) is 2.66. The summed E-state index contributed by atoms with van der Waals surface area (Å²) < 4.78 is 5.41. The molecule has 1 heterocycles. The van der Waals surface area contributed by atoms with Crippen LogP contribution < -0.4 is 20.7 Å². The molecule has 21 heavy (non-hydrogen) atoms. The first-order valence-electron chi connectivity index (χ1n) is 7.10. The zero-order chi connectivity index (χ0) is 14.9. The molecule has 6 nitrogen and oxygen atoms in total. The molecule has 2 aliphatic rings. The Morgan fingerprint density at radius 3 is 2.81 bits per heavy atom. The minimum Gasteiger partial charge on any atom is -0.496 e. The van der Waals surface area contributed by atoms with E-state index in [4.69, 9.17) is 4.74 Å². The second-order valence-corrected chi connectivity index (χ2v) is 5.61. The van der Waals surface area contributed by atoms with Gasteiger partial charge in [-0.2, -0.15) is 0 Å². The van der Waals surface area contributed by atoms with Gasteiger partial charge in [-0.3, -0.25) is 4.79 Å². The Hall–Kier alpha value is -2.24. The molecule has 1 aromatic carbocycles. The summed E-state index contributed by atoms with van der Waals surface area (Å²) in [5.74, 6) is 0.717. The Labute approximate surface area is 123 Å². The fourth-order valence-corrected chi connectivity index (χ4v) is 2.77. The molecular formula is C15H19N3O3. The van der Waals surface area contributed by atoms with Crippen molar-refractivity contribution in [3.8, 4) is 5.75 Å².